The fourth-order valence-corrected chi connectivity index (χ4v) is 1.56. The molecule has 0 saturated carbocycles. The minimum atomic E-state index is -0.414. The molecule has 1 N–H and O–H groups in total. The van der Waals surface area contributed by atoms with Crippen LogP contribution in [0.15, 0.2) is 39.7 Å². The van der Waals surface area contributed by atoms with Crippen molar-refractivity contribution in [2.75, 3.05) is 0 Å². The standard InChI is InChI=1S/C12H13NO2.H2/c1-2-3-9-4-6-10(7-5-9)11-8-15-12(14)13-11;/h4-8H,2-3H2,1H3,(H,13,14);1H. The van der Waals surface area contributed by atoms with E-state index in [-0.39, 0.29) is 1.43 Å². The smallest absolute Gasteiger partial charge is 0.416 e. The molecule has 0 bridgehead atoms. The van der Waals surface area contributed by atoms with Crippen LogP contribution in [0.1, 0.15) is 20.3 Å². The summed E-state index contributed by atoms with van der Waals surface area (Å²) in [7, 11) is 0. The number of rotatable bonds is 3. The van der Waals surface area contributed by atoms with Gasteiger partial charge in [-0.25, -0.2) is 4.79 Å². The molecular formula is C12H15NO2. The van der Waals surface area contributed by atoms with Gasteiger partial charge in [0.1, 0.15) is 6.26 Å². The molecule has 0 aliphatic heterocycles. The Hall–Kier alpha value is -1.77. The van der Waals surface area contributed by atoms with E-state index in [1.54, 1.807) is 0 Å². The number of aromatic amines is 1. The minimum Gasteiger partial charge on any atom is -0.416 e. The highest BCUT2D eigenvalue weighted by Crippen LogP contribution is 2.16. The van der Waals surface area contributed by atoms with Crippen molar-refractivity contribution in [2.24, 2.45) is 0 Å². The summed E-state index contributed by atoms with van der Waals surface area (Å²) in [5, 5.41) is 0. The summed E-state index contributed by atoms with van der Waals surface area (Å²) in [6.07, 6.45) is 3.67. The number of H-pyrrole nitrogens is 1. The van der Waals surface area contributed by atoms with Gasteiger partial charge in [-0.15, -0.1) is 0 Å². The molecule has 0 atom stereocenters. The highest BCUT2D eigenvalue weighted by molar-refractivity contribution is 5.57. The van der Waals surface area contributed by atoms with Gasteiger partial charge in [-0.3, -0.25) is 4.98 Å². The van der Waals surface area contributed by atoms with Crippen LogP contribution in [-0.4, -0.2) is 4.98 Å². The molecule has 0 unspecified atom stereocenters. The summed E-state index contributed by atoms with van der Waals surface area (Å²) < 4.78 is 4.69. The molecule has 2 rings (SSSR count). The second-order valence-electron chi connectivity index (χ2n) is 3.51. The van der Waals surface area contributed by atoms with Gasteiger partial charge in [-0.1, -0.05) is 37.6 Å². The predicted molar refractivity (Wildman–Crippen MR) is 60.9 cm³/mol. The number of aryl methyl sites for hydroxylation is 1. The van der Waals surface area contributed by atoms with Crippen LogP contribution in [0.3, 0.4) is 0 Å². The van der Waals surface area contributed by atoms with Gasteiger partial charge in [0.2, 0.25) is 0 Å². The molecule has 3 nitrogen and oxygen atoms in total. The molecule has 80 valence electrons. The van der Waals surface area contributed by atoms with Gasteiger partial charge >= 0.3 is 5.76 Å². The Morgan fingerprint density at radius 2 is 2.07 bits per heavy atom. The Balaban J connectivity index is 0.00000128. The van der Waals surface area contributed by atoms with Gasteiger partial charge in [0.15, 0.2) is 0 Å². The van der Waals surface area contributed by atoms with Crippen molar-refractivity contribution in [1.82, 2.24) is 4.98 Å². The quantitative estimate of drug-likeness (QED) is 0.837. The van der Waals surface area contributed by atoms with Crippen molar-refractivity contribution >= 4 is 0 Å². The first kappa shape index (κ1) is 9.77. The molecule has 0 saturated heterocycles. The largest absolute Gasteiger partial charge is 0.416 e. The molecular weight excluding hydrogens is 190 g/mol. The van der Waals surface area contributed by atoms with Crippen LogP contribution in [0.25, 0.3) is 11.3 Å². The van der Waals surface area contributed by atoms with Crippen LogP contribution in [0.2, 0.25) is 0 Å². The lowest BCUT2D eigenvalue weighted by Gasteiger charge is -2.00. The summed E-state index contributed by atoms with van der Waals surface area (Å²) in [5.41, 5.74) is 3.01. The third kappa shape index (κ3) is 2.18. The number of nitrogens with one attached hydrogen (secondary N) is 1. The van der Waals surface area contributed by atoms with Crippen LogP contribution in [0.5, 0.6) is 0 Å². The van der Waals surface area contributed by atoms with Gasteiger partial charge in [-0.05, 0) is 12.0 Å². The van der Waals surface area contributed by atoms with E-state index >= 15 is 0 Å². The second-order valence-corrected chi connectivity index (χ2v) is 3.51. The molecule has 0 aliphatic carbocycles. The zero-order valence-electron chi connectivity index (χ0n) is 8.62. The Morgan fingerprint density at radius 3 is 2.60 bits per heavy atom. The average Bonchev–Trinajstić information content (AvgIpc) is 2.67. The topological polar surface area (TPSA) is 46.0 Å². The van der Waals surface area contributed by atoms with Crippen molar-refractivity contribution < 1.29 is 5.84 Å². The van der Waals surface area contributed by atoms with Gasteiger partial charge in [-0.2, -0.15) is 0 Å². The monoisotopic (exact) mass is 205 g/mol. The third-order valence-corrected chi connectivity index (χ3v) is 2.32. The van der Waals surface area contributed by atoms with Crippen LogP contribution in [-0.2, 0) is 6.42 Å². The Morgan fingerprint density at radius 1 is 1.33 bits per heavy atom. The van der Waals surface area contributed by atoms with Gasteiger partial charge in [0.05, 0.1) is 5.69 Å². The molecule has 0 fully saturated rings. The molecule has 15 heavy (non-hydrogen) atoms. The van der Waals surface area contributed by atoms with Crippen molar-refractivity contribution in [3.8, 4) is 11.3 Å². The average molecular weight is 205 g/mol. The molecule has 1 aromatic carbocycles. The van der Waals surface area contributed by atoms with E-state index in [2.05, 4.69) is 28.5 Å². The minimum absolute atomic E-state index is 0. The Bertz CT molecular complexity index is 484. The maximum atomic E-state index is 10.8. The van der Waals surface area contributed by atoms with E-state index < -0.39 is 5.76 Å². The number of hydrogen-bond donors (Lipinski definition) is 1. The van der Waals surface area contributed by atoms with Crippen molar-refractivity contribution in [1.29, 1.82) is 0 Å². The van der Waals surface area contributed by atoms with Crippen LogP contribution >= 0.6 is 0 Å². The molecule has 0 spiro atoms. The third-order valence-electron chi connectivity index (χ3n) is 2.32. The first-order valence-electron chi connectivity index (χ1n) is 5.06. The van der Waals surface area contributed by atoms with Crippen molar-refractivity contribution in [3.63, 3.8) is 0 Å². The number of aromatic nitrogens is 1. The summed E-state index contributed by atoms with van der Waals surface area (Å²) in [6.45, 7) is 2.15. The highest BCUT2D eigenvalue weighted by Gasteiger charge is 2.01. The van der Waals surface area contributed by atoms with E-state index in [1.165, 1.54) is 11.8 Å². The zero-order valence-corrected chi connectivity index (χ0v) is 8.62. The summed E-state index contributed by atoms with van der Waals surface area (Å²) in [4.78, 5) is 13.4. The fourth-order valence-electron chi connectivity index (χ4n) is 1.56. The normalized spacial score (nSPS) is 10.5. The molecule has 1 heterocycles. The van der Waals surface area contributed by atoms with Crippen LogP contribution in [0, 0.1) is 0 Å². The maximum absolute atomic E-state index is 10.8. The van der Waals surface area contributed by atoms with Gasteiger partial charge in [0.25, 0.3) is 0 Å². The van der Waals surface area contributed by atoms with E-state index in [4.69, 9.17) is 0 Å². The SMILES string of the molecule is CCCc1ccc(-c2coc(=O)[nH]2)cc1.[HH]. The molecule has 0 radical (unpaired) electrons. The first-order valence-corrected chi connectivity index (χ1v) is 5.06. The molecule has 1 aromatic heterocycles. The first-order chi connectivity index (χ1) is 7.29. The lowest BCUT2D eigenvalue weighted by atomic mass is 10.1. The van der Waals surface area contributed by atoms with E-state index in [0.29, 0.717) is 0 Å². The summed E-state index contributed by atoms with van der Waals surface area (Å²) >= 11 is 0. The van der Waals surface area contributed by atoms with Crippen LogP contribution < -0.4 is 5.76 Å². The molecule has 2 aromatic rings. The summed E-state index contributed by atoms with van der Waals surface area (Å²) in [5.74, 6) is -0.414. The maximum Gasteiger partial charge on any atom is 0.416 e. The van der Waals surface area contributed by atoms with Crippen LogP contribution in [0.4, 0.5) is 0 Å². The zero-order chi connectivity index (χ0) is 10.7. The highest BCUT2D eigenvalue weighted by atomic mass is 16.4. The van der Waals surface area contributed by atoms with Crippen molar-refractivity contribution in [2.45, 2.75) is 19.8 Å². The Kier molecular flexibility index (Phi) is 2.72. The van der Waals surface area contributed by atoms with Gasteiger partial charge in [0, 0.05) is 6.99 Å². The lowest BCUT2D eigenvalue weighted by Crippen LogP contribution is -1.94. The van der Waals surface area contributed by atoms with Gasteiger partial charge < -0.3 is 4.42 Å². The van der Waals surface area contributed by atoms with E-state index in [0.717, 1.165) is 24.1 Å². The predicted octanol–water partition coefficient (Wildman–Crippen LogP) is 2.83. The number of oxazole rings is 1. The molecule has 0 amide bonds. The van der Waals surface area contributed by atoms with Crippen molar-refractivity contribution in [3.05, 3.63) is 46.6 Å². The summed E-state index contributed by atoms with van der Waals surface area (Å²) in [6, 6.07) is 8.13. The number of benzene rings is 1. The number of hydrogen-bond acceptors (Lipinski definition) is 2. The Labute approximate surface area is 89.2 Å². The lowest BCUT2D eigenvalue weighted by molar-refractivity contribution is 0.515. The van der Waals surface area contributed by atoms with E-state index in [9.17, 15) is 4.79 Å². The molecule has 3 heteroatoms. The fraction of sp³-hybridized carbons (Fsp3) is 0.250. The second kappa shape index (κ2) is 4.17. The van der Waals surface area contributed by atoms with E-state index in [1.807, 2.05) is 12.1 Å². The molecule has 0 aliphatic rings.